The van der Waals surface area contributed by atoms with Crippen molar-refractivity contribution in [2.45, 2.75) is 58.4 Å². The lowest BCUT2D eigenvalue weighted by molar-refractivity contribution is 0.0423. The summed E-state index contributed by atoms with van der Waals surface area (Å²) < 4.78 is 8.24. The van der Waals surface area contributed by atoms with Crippen LogP contribution in [0.25, 0.3) is 0 Å². The summed E-state index contributed by atoms with van der Waals surface area (Å²) in [6.45, 7) is 7.49. The maximum Gasteiger partial charge on any atom is 0.208 e. The molecule has 0 aromatic carbocycles. The number of carbonyl (C=O) groups excluding carboxylic acids is 1. The summed E-state index contributed by atoms with van der Waals surface area (Å²) in [5, 5.41) is 13.4. The van der Waals surface area contributed by atoms with E-state index in [1.54, 1.807) is 6.20 Å². The molecule has 0 bridgehead atoms. The third-order valence-electron chi connectivity index (χ3n) is 6.52. The number of hydrogen-bond donors (Lipinski definition) is 2. The molecule has 1 aliphatic heterocycles. The van der Waals surface area contributed by atoms with Crippen LogP contribution in [0.3, 0.4) is 0 Å². The maximum atomic E-state index is 13.4. The van der Waals surface area contributed by atoms with Crippen LogP contribution in [0, 0.1) is 19.8 Å². The molecule has 3 aromatic rings. The molecule has 0 radical (unpaired) electrons. The minimum atomic E-state index is -0.331. The normalized spacial score (nSPS) is 25.0. The number of anilines is 1. The zero-order valence-corrected chi connectivity index (χ0v) is 19.2. The Morgan fingerprint density at radius 3 is 2.91 bits per heavy atom. The zero-order chi connectivity index (χ0) is 22.4. The van der Waals surface area contributed by atoms with Gasteiger partial charge in [0.2, 0.25) is 5.78 Å². The van der Waals surface area contributed by atoms with E-state index in [9.17, 15) is 9.90 Å². The second-order valence-corrected chi connectivity index (χ2v) is 10.0. The molecular formula is C23H27N5O3S. The van der Waals surface area contributed by atoms with Gasteiger partial charge in [-0.05, 0) is 38.7 Å². The lowest BCUT2D eigenvalue weighted by Gasteiger charge is -2.25. The Morgan fingerprint density at radius 1 is 1.28 bits per heavy atom. The molecule has 1 aliphatic carbocycles. The molecule has 3 aromatic heterocycles. The molecule has 168 valence electrons. The summed E-state index contributed by atoms with van der Waals surface area (Å²) in [5.74, 6) is 1.51. The van der Waals surface area contributed by atoms with Gasteiger partial charge in [-0.3, -0.25) is 4.79 Å². The summed E-state index contributed by atoms with van der Waals surface area (Å²) >= 11 is 1.45. The highest BCUT2D eigenvalue weighted by Crippen LogP contribution is 2.36. The Kier molecular flexibility index (Phi) is 5.56. The van der Waals surface area contributed by atoms with Crippen LogP contribution in [0.15, 0.2) is 24.8 Å². The van der Waals surface area contributed by atoms with E-state index in [4.69, 9.17) is 4.74 Å². The van der Waals surface area contributed by atoms with Gasteiger partial charge in [0.05, 0.1) is 23.2 Å². The molecular weight excluding hydrogens is 426 g/mol. The van der Waals surface area contributed by atoms with Crippen molar-refractivity contribution in [3.8, 4) is 0 Å². The zero-order valence-electron chi connectivity index (χ0n) is 18.4. The standard InChI is InChI=1S/C23H27N5O3S/c1-12-6-15(7-18(12)29)27-22-17(10-24-11-26-22)20(30)19-8-16(14(3)32-19)21-23-25-9-13(2)28(23)4-5-31-21/h8-12,15,18,21,29H,4-7H2,1-3H3,(H,24,26,27)/t12-,15-,18+,21+/m1/s1. The van der Waals surface area contributed by atoms with Gasteiger partial charge in [-0.25, -0.2) is 15.0 Å². The van der Waals surface area contributed by atoms with Crippen molar-refractivity contribution < 1.29 is 14.6 Å². The van der Waals surface area contributed by atoms with Gasteiger partial charge in [0, 0.05) is 41.1 Å². The number of aryl methyl sites for hydroxylation is 2. The maximum absolute atomic E-state index is 13.4. The van der Waals surface area contributed by atoms with Gasteiger partial charge in [0.25, 0.3) is 0 Å². The average Bonchev–Trinajstić information content (AvgIpc) is 3.45. The molecule has 0 amide bonds. The van der Waals surface area contributed by atoms with Crippen molar-refractivity contribution in [3.63, 3.8) is 0 Å². The van der Waals surface area contributed by atoms with E-state index in [0.717, 1.165) is 34.9 Å². The first-order chi connectivity index (χ1) is 15.4. The minimum absolute atomic E-state index is 0.0832. The second-order valence-electron chi connectivity index (χ2n) is 8.75. The largest absolute Gasteiger partial charge is 0.393 e. The number of ketones is 1. The summed E-state index contributed by atoms with van der Waals surface area (Å²) in [6, 6.07) is 2.00. The topological polar surface area (TPSA) is 102 Å². The van der Waals surface area contributed by atoms with E-state index in [0.29, 0.717) is 29.3 Å². The monoisotopic (exact) mass is 453 g/mol. The summed E-state index contributed by atoms with van der Waals surface area (Å²) in [6.07, 6.45) is 5.75. The molecule has 5 rings (SSSR count). The third-order valence-corrected chi connectivity index (χ3v) is 7.58. The van der Waals surface area contributed by atoms with Gasteiger partial charge in [0.1, 0.15) is 24.1 Å². The molecule has 2 N–H and O–H groups in total. The number of nitrogens with one attached hydrogen (secondary N) is 1. The SMILES string of the molecule is Cc1sc(C(=O)c2cncnc2N[C@@H]2C[C@@H](C)[C@@H](O)C2)cc1[C@@H]1OCCn2c(C)cnc21. The predicted octanol–water partition coefficient (Wildman–Crippen LogP) is 3.27. The Hall–Kier alpha value is -2.62. The van der Waals surface area contributed by atoms with E-state index < -0.39 is 0 Å². The fraction of sp³-hybridized carbons (Fsp3) is 0.478. The van der Waals surface area contributed by atoms with E-state index in [-0.39, 0.29) is 30.0 Å². The molecule has 2 aliphatic rings. The number of aliphatic hydroxyl groups excluding tert-OH is 1. The average molecular weight is 454 g/mol. The van der Waals surface area contributed by atoms with Crippen LogP contribution in [0.5, 0.6) is 0 Å². The highest BCUT2D eigenvalue weighted by molar-refractivity contribution is 7.14. The minimum Gasteiger partial charge on any atom is -0.393 e. The number of carbonyl (C=O) groups is 1. The highest BCUT2D eigenvalue weighted by atomic mass is 32.1. The molecule has 4 heterocycles. The van der Waals surface area contributed by atoms with Gasteiger partial charge in [-0.2, -0.15) is 0 Å². The molecule has 0 spiro atoms. The van der Waals surface area contributed by atoms with Crippen LogP contribution in [-0.2, 0) is 11.3 Å². The van der Waals surface area contributed by atoms with Gasteiger partial charge in [-0.1, -0.05) is 6.92 Å². The Balaban J connectivity index is 1.42. The highest BCUT2D eigenvalue weighted by Gasteiger charge is 2.32. The number of aliphatic hydroxyl groups is 1. The van der Waals surface area contributed by atoms with E-state index in [1.807, 2.05) is 33.0 Å². The summed E-state index contributed by atoms with van der Waals surface area (Å²) in [4.78, 5) is 28.1. The van der Waals surface area contributed by atoms with Gasteiger partial charge in [0.15, 0.2) is 0 Å². The first-order valence-electron chi connectivity index (χ1n) is 11.0. The Bertz CT molecular complexity index is 1150. The fourth-order valence-electron chi connectivity index (χ4n) is 4.69. The van der Waals surface area contributed by atoms with Crippen molar-refractivity contribution in [2.75, 3.05) is 11.9 Å². The molecule has 0 saturated heterocycles. The molecule has 1 fully saturated rings. The second kappa shape index (κ2) is 8.38. The van der Waals surface area contributed by atoms with E-state index in [1.165, 1.54) is 17.7 Å². The van der Waals surface area contributed by atoms with Gasteiger partial charge >= 0.3 is 0 Å². The summed E-state index contributed by atoms with van der Waals surface area (Å²) in [7, 11) is 0. The molecule has 0 unspecified atom stereocenters. The Morgan fingerprint density at radius 2 is 2.12 bits per heavy atom. The van der Waals surface area contributed by atoms with Crippen molar-refractivity contribution in [3.05, 3.63) is 57.2 Å². The molecule has 9 heteroatoms. The lowest BCUT2D eigenvalue weighted by atomic mass is 10.1. The van der Waals surface area contributed by atoms with Crippen LogP contribution < -0.4 is 5.32 Å². The number of imidazole rings is 1. The van der Waals surface area contributed by atoms with E-state index >= 15 is 0 Å². The van der Waals surface area contributed by atoms with Gasteiger partial charge < -0.3 is 19.7 Å². The Labute approximate surface area is 190 Å². The van der Waals surface area contributed by atoms with Crippen LogP contribution in [-0.4, -0.2) is 49.2 Å². The van der Waals surface area contributed by atoms with Crippen molar-refractivity contribution in [1.29, 1.82) is 0 Å². The van der Waals surface area contributed by atoms with Crippen LogP contribution in [0.1, 0.15) is 63.1 Å². The summed E-state index contributed by atoms with van der Waals surface area (Å²) in [5.41, 5.74) is 2.53. The smallest absolute Gasteiger partial charge is 0.208 e. The number of rotatable bonds is 5. The lowest BCUT2D eigenvalue weighted by Crippen LogP contribution is -2.23. The first kappa shape index (κ1) is 21.2. The third kappa shape index (κ3) is 3.74. The predicted molar refractivity (Wildman–Crippen MR) is 121 cm³/mol. The molecule has 4 atom stereocenters. The van der Waals surface area contributed by atoms with Crippen LogP contribution in [0.4, 0.5) is 5.82 Å². The van der Waals surface area contributed by atoms with Crippen molar-refractivity contribution in [1.82, 2.24) is 19.5 Å². The van der Waals surface area contributed by atoms with Crippen LogP contribution >= 0.6 is 11.3 Å². The quantitative estimate of drug-likeness (QED) is 0.572. The number of nitrogens with zero attached hydrogens (tertiary/aromatic N) is 4. The molecule has 1 saturated carbocycles. The van der Waals surface area contributed by atoms with Crippen molar-refractivity contribution >= 4 is 22.9 Å². The van der Waals surface area contributed by atoms with E-state index in [2.05, 4.69) is 24.8 Å². The molecule has 32 heavy (non-hydrogen) atoms. The first-order valence-corrected chi connectivity index (χ1v) is 11.8. The number of ether oxygens (including phenoxy) is 1. The van der Waals surface area contributed by atoms with Crippen molar-refractivity contribution in [2.24, 2.45) is 5.92 Å². The number of thiophene rings is 1. The van der Waals surface area contributed by atoms with Gasteiger partial charge in [-0.15, -0.1) is 11.3 Å². The molecule has 8 nitrogen and oxygen atoms in total. The number of hydrogen-bond acceptors (Lipinski definition) is 8. The number of aromatic nitrogens is 4. The van der Waals surface area contributed by atoms with Crippen LogP contribution in [0.2, 0.25) is 0 Å². The fourth-order valence-corrected chi connectivity index (χ4v) is 5.70. The number of fused-ring (bicyclic) bond motifs is 1.